The number of aromatic nitrogens is 2. The average molecular weight is 364 g/mol. The Morgan fingerprint density at radius 3 is 2.59 bits per heavy atom. The molecule has 4 saturated heterocycles. The van der Waals surface area contributed by atoms with Crippen LogP contribution < -0.4 is 0 Å². The van der Waals surface area contributed by atoms with Crippen LogP contribution >= 0.6 is 0 Å². The van der Waals surface area contributed by atoms with Crippen LogP contribution in [-0.4, -0.2) is 57.6 Å². The number of rotatable bonds is 3. The number of piperidine rings is 3. The van der Waals surface area contributed by atoms with Gasteiger partial charge in [0.2, 0.25) is 0 Å². The molecular weight excluding hydrogens is 336 g/mol. The quantitative estimate of drug-likeness (QED) is 0.911. The summed E-state index contributed by atoms with van der Waals surface area (Å²) >= 11 is 0. The Morgan fingerprint density at radius 2 is 1.93 bits per heavy atom. The highest BCUT2D eigenvalue weighted by molar-refractivity contribution is 5.94. The summed E-state index contributed by atoms with van der Waals surface area (Å²) in [5.74, 6) is 1.14. The van der Waals surface area contributed by atoms with Crippen LogP contribution in [0.4, 0.5) is 0 Å². The lowest BCUT2D eigenvalue weighted by molar-refractivity contribution is -0.00360. The maximum absolute atomic E-state index is 13.5. The second-order valence-corrected chi connectivity index (χ2v) is 8.36. The fraction of sp³-hybridized carbons (Fsp3) is 0.545. The maximum Gasteiger partial charge on any atom is 0.274 e. The highest BCUT2D eigenvalue weighted by atomic mass is 16.2. The fourth-order valence-electron chi connectivity index (χ4n) is 5.77. The number of hydrogen-bond acceptors (Lipinski definition) is 3. The topological polar surface area (TPSA) is 52.2 Å². The molecule has 1 N–H and O–H groups in total. The first-order chi connectivity index (χ1) is 13.2. The molecule has 6 rings (SSSR count). The third kappa shape index (κ3) is 2.55. The minimum absolute atomic E-state index is 0.116. The summed E-state index contributed by atoms with van der Waals surface area (Å²) in [5.41, 5.74) is 4.07. The number of carbonyl (C=O) groups is 1. The number of aromatic amines is 1. The lowest BCUT2D eigenvalue weighted by Crippen LogP contribution is -2.60. The predicted octanol–water partition coefficient (Wildman–Crippen LogP) is 2.98. The van der Waals surface area contributed by atoms with E-state index in [0.717, 1.165) is 24.2 Å². The van der Waals surface area contributed by atoms with E-state index in [4.69, 9.17) is 0 Å². The van der Waals surface area contributed by atoms with Gasteiger partial charge in [-0.3, -0.25) is 14.8 Å². The van der Waals surface area contributed by atoms with Gasteiger partial charge >= 0.3 is 0 Å². The first-order valence-corrected chi connectivity index (χ1v) is 10.3. The molecule has 1 aromatic carbocycles. The molecule has 142 valence electrons. The van der Waals surface area contributed by atoms with Crippen molar-refractivity contribution in [3.8, 4) is 0 Å². The van der Waals surface area contributed by atoms with Gasteiger partial charge in [-0.15, -0.1) is 0 Å². The van der Waals surface area contributed by atoms with Gasteiger partial charge in [-0.05, 0) is 50.8 Å². The number of hydrogen-bond donors (Lipinski definition) is 1. The number of aryl methyl sites for hydroxylation is 1. The third-order valence-corrected chi connectivity index (χ3v) is 7.15. The first-order valence-electron chi connectivity index (χ1n) is 10.3. The fourth-order valence-corrected chi connectivity index (χ4v) is 5.77. The summed E-state index contributed by atoms with van der Waals surface area (Å²) < 4.78 is 0. The van der Waals surface area contributed by atoms with Crippen molar-refractivity contribution in [2.45, 2.75) is 51.1 Å². The van der Waals surface area contributed by atoms with Gasteiger partial charge in [0.1, 0.15) is 0 Å². The number of carbonyl (C=O) groups excluding carboxylic acids is 1. The third-order valence-electron chi connectivity index (χ3n) is 7.15. The number of H-pyrrole nitrogens is 1. The van der Waals surface area contributed by atoms with E-state index >= 15 is 0 Å². The van der Waals surface area contributed by atoms with Gasteiger partial charge in [-0.2, -0.15) is 5.10 Å². The molecule has 4 aliphatic rings. The van der Waals surface area contributed by atoms with Crippen molar-refractivity contribution in [1.29, 1.82) is 0 Å². The monoisotopic (exact) mass is 364 g/mol. The van der Waals surface area contributed by atoms with Crippen molar-refractivity contribution >= 4 is 5.91 Å². The maximum atomic E-state index is 13.5. The summed E-state index contributed by atoms with van der Waals surface area (Å²) in [6.07, 6.45) is 3.31. The molecule has 0 aliphatic carbocycles. The van der Waals surface area contributed by atoms with Crippen molar-refractivity contribution in [2.24, 2.45) is 5.92 Å². The average Bonchev–Trinajstić information content (AvgIpc) is 3.31. The molecule has 2 aromatic rings. The zero-order valence-electron chi connectivity index (χ0n) is 16.2. The smallest absolute Gasteiger partial charge is 0.274 e. The largest absolute Gasteiger partial charge is 0.332 e. The van der Waals surface area contributed by atoms with E-state index in [1.54, 1.807) is 0 Å². The van der Waals surface area contributed by atoms with E-state index in [0.29, 0.717) is 29.6 Å². The van der Waals surface area contributed by atoms with E-state index in [9.17, 15) is 4.79 Å². The molecule has 0 radical (unpaired) electrons. The summed E-state index contributed by atoms with van der Waals surface area (Å²) in [5, 5.41) is 7.47. The Bertz CT molecular complexity index is 837. The van der Waals surface area contributed by atoms with Gasteiger partial charge in [0, 0.05) is 29.8 Å². The minimum Gasteiger partial charge on any atom is -0.332 e. The molecule has 27 heavy (non-hydrogen) atoms. The SMILES string of the molecule is CCc1[nH]nc(C(=O)N2CC(c3ccccc3)C3C2C2CCN3CC2)c1C. The molecule has 5 nitrogen and oxygen atoms in total. The van der Waals surface area contributed by atoms with E-state index in [1.165, 1.54) is 31.5 Å². The van der Waals surface area contributed by atoms with Crippen molar-refractivity contribution in [1.82, 2.24) is 20.0 Å². The second kappa shape index (κ2) is 6.48. The number of nitrogens with one attached hydrogen (secondary N) is 1. The molecular formula is C22H28N4O. The van der Waals surface area contributed by atoms with Gasteiger partial charge in [-0.1, -0.05) is 37.3 Å². The Morgan fingerprint density at radius 1 is 1.19 bits per heavy atom. The van der Waals surface area contributed by atoms with Crippen LogP contribution in [0.5, 0.6) is 0 Å². The highest BCUT2D eigenvalue weighted by Crippen LogP contribution is 2.46. The van der Waals surface area contributed by atoms with Crippen LogP contribution in [-0.2, 0) is 6.42 Å². The number of benzene rings is 1. The van der Waals surface area contributed by atoms with E-state index in [1.807, 2.05) is 6.92 Å². The number of fused-ring (bicyclic) bond motifs is 2. The van der Waals surface area contributed by atoms with Crippen molar-refractivity contribution in [3.63, 3.8) is 0 Å². The van der Waals surface area contributed by atoms with Crippen molar-refractivity contribution < 1.29 is 4.79 Å². The number of likely N-dealkylation sites (tertiary alicyclic amines) is 1. The minimum atomic E-state index is 0.116. The summed E-state index contributed by atoms with van der Waals surface area (Å²) in [4.78, 5) is 18.3. The molecule has 2 bridgehead atoms. The molecule has 1 aromatic heterocycles. The van der Waals surface area contributed by atoms with Crippen LogP contribution in [0.15, 0.2) is 30.3 Å². The number of amides is 1. The molecule has 5 heteroatoms. The van der Waals surface area contributed by atoms with Crippen LogP contribution in [0.1, 0.15) is 53.0 Å². The van der Waals surface area contributed by atoms with Gasteiger partial charge in [-0.25, -0.2) is 0 Å². The Hall–Kier alpha value is -2.14. The zero-order valence-corrected chi connectivity index (χ0v) is 16.2. The Labute approximate surface area is 160 Å². The lowest BCUT2D eigenvalue weighted by Gasteiger charge is -2.51. The molecule has 1 amide bonds. The highest BCUT2D eigenvalue weighted by Gasteiger charge is 2.55. The van der Waals surface area contributed by atoms with Crippen LogP contribution in [0.3, 0.4) is 0 Å². The van der Waals surface area contributed by atoms with Crippen LogP contribution in [0.25, 0.3) is 0 Å². The summed E-state index contributed by atoms with van der Waals surface area (Å²) in [6, 6.07) is 11.6. The summed E-state index contributed by atoms with van der Waals surface area (Å²) in [6.45, 7) is 7.28. The summed E-state index contributed by atoms with van der Waals surface area (Å²) in [7, 11) is 0. The van der Waals surface area contributed by atoms with Crippen molar-refractivity contribution in [3.05, 3.63) is 52.8 Å². The normalized spacial score (nSPS) is 31.9. The second-order valence-electron chi connectivity index (χ2n) is 8.36. The predicted molar refractivity (Wildman–Crippen MR) is 105 cm³/mol. The van der Waals surface area contributed by atoms with Crippen molar-refractivity contribution in [2.75, 3.05) is 19.6 Å². The lowest BCUT2D eigenvalue weighted by atomic mass is 9.75. The van der Waals surface area contributed by atoms with Gasteiger partial charge in [0.05, 0.1) is 6.04 Å². The van der Waals surface area contributed by atoms with Gasteiger partial charge in [0.25, 0.3) is 5.91 Å². The van der Waals surface area contributed by atoms with E-state index in [2.05, 4.69) is 57.3 Å². The molecule has 4 fully saturated rings. The standard InChI is InChI=1S/C22H28N4O/c1-3-18-14(2)19(24-23-18)22(27)26-13-17(15-7-5-4-6-8-15)21-20(26)16-9-11-25(21)12-10-16/h4-8,16-17,20-21H,3,9-13H2,1-2H3,(H,23,24). The van der Waals surface area contributed by atoms with Crippen LogP contribution in [0, 0.1) is 12.8 Å². The molecule has 0 spiro atoms. The molecule has 3 atom stereocenters. The van der Waals surface area contributed by atoms with E-state index < -0.39 is 0 Å². The molecule has 0 saturated carbocycles. The Balaban J connectivity index is 1.52. The van der Waals surface area contributed by atoms with Gasteiger partial charge < -0.3 is 4.90 Å². The van der Waals surface area contributed by atoms with Crippen LogP contribution in [0.2, 0.25) is 0 Å². The molecule has 3 unspecified atom stereocenters. The first kappa shape index (κ1) is 17.0. The van der Waals surface area contributed by atoms with E-state index in [-0.39, 0.29) is 5.91 Å². The zero-order chi connectivity index (χ0) is 18.5. The molecule has 4 aliphatic heterocycles. The Kier molecular flexibility index (Phi) is 4.08. The number of nitrogens with zero attached hydrogens (tertiary/aromatic N) is 3. The van der Waals surface area contributed by atoms with Gasteiger partial charge in [0.15, 0.2) is 5.69 Å². The molecule has 5 heterocycles.